The Bertz CT molecular complexity index is 226. The Morgan fingerprint density at radius 3 is 2.50 bits per heavy atom. The molecule has 0 aromatic carbocycles. The number of nitrogens with one attached hydrogen (secondary N) is 1. The smallest absolute Gasteiger partial charge is 0.323 e. The van der Waals surface area contributed by atoms with E-state index in [1.54, 1.807) is 13.8 Å². The Balaban J connectivity index is 4.25. The molecule has 0 saturated heterocycles. The number of carboxylic acid groups (broad SMARTS) is 1. The maximum atomic E-state index is 11.4. The molecule has 0 aliphatic rings. The average molecular weight is 200 g/mol. The van der Waals surface area contributed by atoms with Gasteiger partial charge < -0.3 is 15.3 Å². The van der Waals surface area contributed by atoms with Crippen molar-refractivity contribution < 1.29 is 14.7 Å². The summed E-state index contributed by atoms with van der Waals surface area (Å²) in [7, 11) is 0. The summed E-state index contributed by atoms with van der Waals surface area (Å²) in [6.45, 7) is 7.01. The van der Waals surface area contributed by atoms with Crippen LogP contribution in [0.2, 0.25) is 0 Å². The normalized spacial score (nSPS) is 9.64. The molecule has 0 aliphatic heterocycles. The molecule has 0 bridgehead atoms. The molecule has 2 N–H and O–H groups in total. The highest BCUT2D eigenvalue weighted by Gasteiger charge is 2.18. The molecule has 0 atom stereocenters. The SMILES string of the molecule is C=CCNC(=O)N(CC(=O)O)C(C)C. The number of urea groups is 1. The van der Waals surface area contributed by atoms with E-state index in [-0.39, 0.29) is 18.6 Å². The summed E-state index contributed by atoms with van der Waals surface area (Å²) in [5.74, 6) is -1.02. The lowest BCUT2D eigenvalue weighted by Crippen LogP contribution is -2.46. The van der Waals surface area contributed by atoms with Crippen LogP contribution in [-0.4, -0.2) is 41.1 Å². The molecule has 0 aromatic heterocycles. The highest BCUT2D eigenvalue weighted by Crippen LogP contribution is 1.98. The molecule has 0 radical (unpaired) electrons. The monoisotopic (exact) mass is 200 g/mol. The zero-order valence-corrected chi connectivity index (χ0v) is 8.49. The molecule has 0 spiro atoms. The van der Waals surface area contributed by atoms with E-state index in [0.29, 0.717) is 6.54 Å². The van der Waals surface area contributed by atoms with E-state index < -0.39 is 5.97 Å². The van der Waals surface area contributed by atoms with E-state index in [9.17, 15) is 9.59 Å². The van der Waals surface area contributed by atoms with Crippen molar-refractivity contribution in [1.29, 1.82) is 0 Å². The molecule has 80 valence electrons. The van der Waals surface area contributed by atoms with Crippen molar-refractivity contribution >= 4 is 12.0 Å². The van der Waals surface area contributed by atoms with Crippen LogP contribution in [0.4, 0.5) is 4.79 Å². The predicted octanol–water partition coefficient (Wildman–Crippen LogP) is 0.677. The van der Waals surface area contributed by atoms with Crippen molar-refractivity contribution in [3.05, 3.63) is 12.7 Å². The molecule has 0 saturated carbocycles. The first kappa shape index (κ1) is 12.5. The zero-order valence-electron chi connectivity index (χ0n) is 8.49. The van der Waals surface area contributed by atoms with Crippen molar-refractivity contribution in [3.63, 3.8) is 0 Å². The van der Waals surface area contributed by atoms with Gasteiger partial charge in [0.1, 0.15) is 6.54 Å². The number of nitrogens with zero attached hydrogens (tertiary/aromatic N) is 1. The van der Waals surface area contributed by atoms with Crippen molar-refractivity contribution in [1.82, 2.24) is 10.2 Å². The van der Waals surface area contributed by atoms with Gasteiger partial charge in [0.05, 0.1) is 0 Å². The molecule has 0 unspecified atom stereocenters. The number of aliphatic carboxylic acids is 1. The summed E-state index contributed by atoms with van der Waals surface area (Å²) < 4.78 is 0. The van der Waals surface area contributed by atoms with Crippen LogP contribution in [0.5, 0.6) is 0 Å². The minimum absolute atomic E-state index is 0.143. The number of hydrogen-bond acceptors (Lipinski definition) is 2. The maximum absolute atomic E-state index is 11.4. The van der Waals surface area contributed by atoms with Crippen molar-refractivity contribution in [3.8, 4) is 0 Å². The van der Waals surface area contributed by atoms with E-state index in [2.05, 4.69) is 11.9 Å². The van der Waals surface area contributed by atoms with E-state index >= 15 is 0 Å². The van der Waals surface area contributed by atoms with Crippen LogP contribution in [-0.2, 0) is 4.79 Å². The second-order valence-electron chi connectivity index (χ2n) is 3.09. The van der Waals surface area contributed by atoms with Gasteiger partial charge in [0.2, 0.25) is 0 Å². The summed E-state index contributed by atoms with van der Waals surface area (Å²) in [6, 6.07) is -0.529. The number of hydrogen-bond donors (Lipinski definition) is 2. The van der Waals surface area contributed by atoms with Gasteiger partial charge in [0.25, 0.3) is 0 Å². The zero-order chi connectivity index (χ0) is 11.1. The van der Waals surface area contributed by atoms with Crippen LogP contribution in [0.1, 0.15) is 13.8 Å². The molecule has 0 rings (SSSR count). The van der Waals surface area contributed by atoms with E-state index in [1.165, 1.54) is 11.0 Å². The van der Waals surface area contributed by atoms with E-state index in [0.717, 1.165) is 0 Å². The number of carboxylic acids is 1. The fraction of sp³-hybridized carbons (Fsp3) is 0.556. The fourth-order valence-corrected chi connectivity index (χ4v) is 0.896. The van der Waals surface area contributed by atoms with Gasteiger partial charge in [-0.05, 0) is 13.8 Å². The summed E-state index contributed by atoms with van der Waals surface area (Å²) in [5, 5.41) is 11.1. The molecule has 2 amide bonds. The Hall–Kier alpha value is -1.52. The molecular formula is C9H16N2O3. The largest absolute Gasteiger partial charge is 0.480 e. The Morgan fingerprint density at radius 2 is 2.14 bits per heavy atom. The van der Waals surface area contributed by atoms with Crippen LogP contribution < -0.4 is 5.32 Å². The van der Waals surface area contributed by atoms with E-state index in [4.69, 9.17) is 5.11 Å². The van der Waals surface area contributed by atoms with Crippen molar-refractivity contribution in [2.24, 2.45) is 0 Å². The van der Waals surface area contributed by atoms with Gasteiger partial charge in [0.15, 0.2) is 0 Å². The van der Waals surface area contributed by atoms with Crippen molar-refractivity contribution in [2.75, 3.05) is 13.1 Å². The van der Waals surface area contributed by atoms with E-state index in [1.807, 2.05) is 0 Å². The molecule has 0 aromatic rings. The molecule has 14 heavy (non-hydrogen) atoms. The number of carbonyl (C=O) groups excluding carboxylic acids is 1. The first-order valence-corrected chi connectivity index (χ1v) is 4.36. The van der Waals surface area contributed by atoms with Crippen molar-refractivity contribution in [2.45, 2.75) is 19.9 Å². The number of carbonyl (C=O) groups is 2. The quantitative estimate of drug-likeness (QED) is 0.641. The standard InChI is InChI=1S/C9H16N2O3/c1-4-5-10-9(14)11(7(2)3)6-8(12)13/h4,7H,1,5-6H2,2-3H3,(H,10,14)(H,12,13). The van der Waals surface area contributed by atoms with Gasteiger partial charge >= 0.3 is 12.0 Å². The summed E-state index contributed by atoms with van der Waals surface area (Å²) in [5.41, 5.74) is 0. The Labute approximate surface area is 83.4 Å². The summed E-state index contributed by atoms with van der Waals surface area (Å²) in [4.78, 5) is 23.1. The maximum Gasteiger partial charge on any atom is 0.323 e. The third-order valence-electron chi connectivity index (χ3n) is 1.59. The minimum atomic E-state index is -1.02. The van der Waals surface area contributed by atoms with Crippen LogP contribution in [0.15, 0.2) is 12.7 Å². The van der Waals surface area contributed by atoms with Crippen LogP contribution >= 0.6 is 0 Å². The second kappa shape index (κ2) is 6.01. The van der Waals surface area contributed by atoms with Gasteiger partial charge in [-0.2, -0.15) is 0 Å². The predicted molar refractivity (Wildman–Crippen MR) is 53.1 cm³/mol. The third kappa shape index (κ3) is 4.49. The molecule has 5 nitrogen and oxygen atoms in total. The Morgan fingerprint density at radius 1 is 1.57 bits per heavy atom. The molecule has 0 heterocycles. The first-order chi connectivity index (χ1) is 6.49. The average Bonchev–Trinajstić information content (AvgIpc) is 2.09. The van der Waals surface area contributed by atoms with Gasteiger partial charge in [0, 0.05) is 12.6 Å². The molecule has 0 fully saturated rings. The molecule has 5 heteroatoms. The summed E-state index contributed by atoms with van der Waals surface area (Å²) >= 11 is 0. The lowest BCUT2D eigenvalue weighted by molar-refractivity contribution is -0.138. The molecule has 0 aliphatic carbocycles. The highest BCUT2D eigenvalue weighted by atomic mass is 16.4. The van der Waals surface area contributed by atoms with Gasteiger partial charge in [-0.25, -0.2) is 4.79 Å². The lowest BCUT2D eigenvalue weighted by Gasteiger charge is -2.24. The minimum Gasteiger partial charge on any atom is -0.480 e. The topological polar surface area (TPSA) is 69.6 Å². The van der Waals surface area contributed by atoms with Gasteiger partial charge in [-0.3, -0.25) is 4.79 Å². The fourth-order valence-electron chi connectivity index (χ4n) is 0.896. The molecular weight excluding hydrogens is 184 g/mol. The Kier molecular flexibility index (Phi) is 5.36. The number of amides is 2. The highest BCUT2D eigenvalue weighted by molar-refractivity contribution is 5.80. The second-order valence-corrected chi connectivity index (χ2v) is 3.09. The lowest BCUT2D eigenvalue weighted by atomic mass is 10.3. The third-order valence-corrected chi connectivity index (χ3v) is 1.59. The number of rotatable bonds is 5. The van der Waals surface area contributed by atoms with Gasteiger partial charge in [-0.15, -0.1) is 6.58 Å². The van der Waals surface area contributed by atoms with Crippen LogP contribution in [0.3, 0.4) is 0 Å². The van der Waals surface area contributed by atoms with Gasteiger partial charge in [-0.1, -0.05) is 6.08 Å². The summed E-state index contributed by atoms with van der Waals surface area (Å²) in [6.07, 6.45) is 1.54. The van der Waals surface area contributed by atoms with Crippen LogP contribution in [0, 0.1) is 0 Å². The van der Waals surface area contributed by atoms with Crippen LogP contribution in [0.25, 0.3) is 0 Å². The first-order valence-electron chi connectivity index (χ1n) is 4.36.